The van der Waals surface area contributed by atoms with Crippen LogP contribution in [0, 0.1) is 5.82 Å². The largest absolute Gasteiger partial charge is 0.341 e. The SMILES string of the molecule is O=C(CN1C(=O)CSC(c2ccccc2Cl)c2c(-c3ccccc3)nn(-c3ccc(F)cc3)c21)N1CCCCC1. The molecule has 0 N–H and O–H groups in total. The first-order valence-corrected chi connectivity index (χ1v) is 14.8. The Kier molecular flexibility index (Phi) is 7.63. The van der Waals surface area contributed by atoms with Crippen LogP contribution in [0.25, 0.3) is 16.9 Å². The van der Waals surface area contributed by atoms with Crippen molar-refractivity contribution in [2.45, 2.75) is 24.5 Å². The van der Waals surface area contributed by atoms with Crippen LogP contribution in [0.3, 0.4) is 0 Å². The highest BCUT2D eigenvalue weighted by molar-refractivity contribution is 8.00. The van der Waals surface area contributed by atoms with E-state index in [2.05, 4.69) is 0 Å². The van der Waals surface area contributed by atoms with Gasteiger partial charge in [0.1, 0.15) is 18.2 Å². The molecule has 3 aromatic carbocycles. The minimum atomic E-state index is -0.372. The highest BCUT2D eigenvalue weighted by Crippen LogP contribution is 2.49. The number of benzene rings is 3. The van der Waals surface area contributed by atoms with Gasteiger partial charge in [-0.05, 0) is 55.2 Å². The van der Waals surface area contributed by atoms with Crippen molar-refractivity contribution in [1.29, 1.82) is 0 Å². The number of nitrogens with zero attached hydrogens (tertiary/aromatic N) is 4. The van der Waals surface area contributed by atoms with Gasteiger partial charge < -0.3 is 4.90 Å². The predicted octanol–water partition coefficient (Wildman–Crippen LogP) is 6.51. The number of hydrogen-bond acceptors (Lipinski definition) is 4. The van der Waals surface area contributed by atoms with Crippen LogP contribution in [-0.2, 0) is 9.59 Å². The fraction of sp³-hybridized carbons (Fsp3) is 0.258. The lowest BCUT2D eigenvalue weighted by molar-refractivity contribution is -0.132. The molecule has 3 heterocycles. The second kappa shape index (κ2) is 11.5. The van der Waals surface area contributed by atoms with E-state index in [9.17, 15) is 14.0 Å². The van der Waals surface area contributed by atoms with Crippen LogP contribution in [0.1, 0.15) is 35.6 Å². The molecule has 2 amide bonds. The lowest BCUT2D eigenvalue weighted by Crippen LogP contribution is -2.45. The lowest BCUT2D eigenvalue weighted by Gasteiger charge is -2.30. The average Bonchev–Trinajstić information content (AvgIpc) is 3.31. The summed E-state index contributed by atoms with van der Waals surface area (Å²) >= 11 is 8.21. The van der Waals surface area contributed by atoms with E-state index in [-0.39, 0.29) is 35.2 Å². The average molecular weight is 575 g/mol. The summed E-state index contributed by atoms with van der Waals surface area (Å²) in [5.41, 5.74) is 3.80. The first-order valence-electron chi connectivity index (χ1n) is 13.4. The topological polar surface area (TPSA) is 58.4 Å². The molecule has 1 atom stereocenters. The van der Waals surface area contributed by atoms with Crippen LogP contribution in [0.4, 0.5) is 10.2 Å². The molecule has 4 aromatic rings. The standard InChI is InChI=1S/C31H28ClFN4O2S/c32-25-12-6-5-11-24(25)30-28-29(21-9-3-1-4-10-21)34-37(23-15-13-22(33)14-16-23)31(28)36(27(39)20-40-30)19-26(38)35-17-7-2-8-18-35/h1,3-6,9-16,30H,2,7-8,17-20H2. The highest BCUT2D eigenvalue weighted by Gasteiger charge is 2.38. The Bertz CT molecular complexity index is 1540. The molecule has 6 nitrogen and oxygen atoms in total. The third-order valence-electron chi connectivity index (χ3n) is 7.40. The minimum absolute atomic E-state index is 0.0895. The van der Waals surface area contributed by atoms with E-state index in [0.29, 0.717) is 35.3 Å². The van der Waals surface area contributed by atoms with E-state index in [4.69, 9.17) is 16.7 Å². The molecule has 1 fully saturated rings. The number of carbonyl (C=O) groups excluding carboxylic acids is 2. The van der Waals surface area contributed by atoms with Gasteiger partial charge in [-0.25, -0.2) is 9.07 Å². The second-order valence-corrected chi connectivity index (χ2v) is 11.5. The van der Waals surface area contributed by atoms with E-state index < -0.39 is 0 Å². The maximum absolute atomic E-state index is 14.0. The van der Waals surface area contributed by atoms with Gasteiger partial charge in [0.05, 0.1) is 22.4 Å². The number of amides is 2. The number of likely N-dealkylation sites (tertiary alicyclic amines) is 1. The van der Waals surface area contributed by atoms with Crippen LogP contribution >= 0.6 is 23.4 Å². The summed E-state index contributed by atoms with van der Waals surface area (Å²) in [6.45, 7) is 1.29. The molecule has 0 saturated carbocycles. The van der Waals surface area contributed by atoms with Crippen molar-refractivity contribution in [1.82, 2.24) is 14.7 Å². The number of thioether (sulfide) groups is 1. The molecule has 1 aromatic heterocycles. The van der Waals surface area contributed by atoms with Crippen LogP contribution in [0.15, 0.2) is 78.9 Å². The van der Waals surface area contributed by atoms with E-state index in [0.717, 1.165) is 36.0 Å². The molecule has 6 rings (SSSR count). The van der Waals surface area contributed by atoms with Gasteiger partial charge in [0.25, 0.3) is 0 Å². The number of hydrogen-bond donors (Lipinski definition) is 0. The molecule has 0 aliphatic carbocycles. The summed E-state index contributed by atoms with van der Waals surface area (Å²) in [4.78, 5) is 30.8. The zero-order chi connectivity index (χ0) is 27.6. The van der Waals surface area contributed by atoms with Gasteiger partial charge >= 0.3 is 0 Å². The first-order chi connectivity index (χ1) is 19.5. The smallest absolute Gasteiger partial charge is 0.242 e. The number of fused-ring (bicyclic) bond motifs is 1. The summed E-state index contributed by atoms with van der Waals surface area (Å²) in [6.07, 6.45) is 3.02. The fourth-order valence-corrected chi connectivity index (χ4v) is 6.95. The van der Waals surface area contributed by atoms with Gasteiger partial charge in [0.15, 0.2) is 0 Å². The molecule has 9 heteroatoms. The van der Waals surface area contributed by atoms with E-state index in [1.54, 1.807) is 21.7 Å². The van der Waals surface area contributed by atoms with Gasteiger partial charge in [0, 0.05) is 29.2 Å². The van der Waals surface area contributed by atoms with Gasteiger partial charge in [0.2, 0.25) is 11.8 Å². The molecule has 204 valence electrons. The third-order valence-corrected chi connectivity index (χ3v) is 8.98. The summed E-state index contributed by atoms with van der Waals surface area (Å²) in [7, 11) is 0. The molecule has 2 aliphatic heterocycles. The van der Waals surface area contributed by atoms with Crippen molar-refractivity contribution in [3.8, 4) is 16.9 Å². The Labute approximate surface area is 241 Å². The van der Waals surface area contributed by atoms with Crippen LogP contribution < -0.4 is 4.90 Å². The zero-order valence-electron chi connectivity index (χ0n) is 21.8. The van der Waals surface area contributed by atoms with Crippen LogP contribution in [0.2, 0.25) is 5.02 Å². The molecule has 0 radical (unpaired) electrons. The molecule has 1 unspecified atom stereocenters. The van der Waals surface area contributed by atoms with Crippen molar-refractivity contribution in [2.75, 3.05) is 30.3 Å². The van der Waals surface area contributed by atoms with E-state index in [1.165, 1.54) is 23.9 Å². The summed E-state index contributed by atoms with van der Waals surface area (Å²) in [6, 6.07) is 23.4. The quantitative estimate of drug-likeness (QED) is 0.272. The maximum Gasteiger partial charge on any atom is 0.242 e. The summed E-state index contributed by atoms with van der Waals surface area (Å²) < 4.78 is 15.6. The van der Waals surface area contributed by atoms with Gasteiger partial charge in [-0.2, -0.15) is 5.10 Å². The van der Waals surface area contributed by atoms with Gasteiger partial charge in [-0.1, -0.05) is 60.1 Å². The molecule has 0 bridgehead atoms. The molecule has 2 aliphatic rings. The predicted molar refractivity (Wildman–Crippen MR) is 157 cm³/mol. The number of halogens is 2. The molecular weight excluding hydrogens is 547 g/mol. The monoisotopic (exact) mass is 574 g/mol. The minimum Gasteiger partial charge on any atom is -0.341 e. The lowest BCUT2D eigenvalue weighted by atomic mass is 9.99. The molecule has 1 saturated heterocycles. The molecule has 0 spiro atoms. The van der Waals surface area contributed by atoms with E-state index >= 15 is 0 Å². The normalized spacial score (nSPS) is 17.4. The Balaban J connectivity index is 1.59. The number of anilines is 1. The number of rotatable bonds is 5. The Morgan fingerprint density at radius 3 is 2.38 bits per heavy atom. The van der Waals surface area contributed by atoms with Crippen molar-refractivity contribution < 1.29 is 14.0 Å². The van der Waals surface area contributed by atoms with Crippen molar-refractivity contribution >= 4 is 41.0 Å². The molecule has 40 heavy (non-hydrogen) atoms. The van der Waals surface area contributed by atoms with Crippen molar-refractivity contribution in [2.24, 2.45) is 0 Å². The van der Waals surface area contributed by atoms with Crippen molar-refractivity contribution in [3.63, 3.8) is 0 Å². The first kappa shape index (κ1) is 26.6. The van der Waals surface area contributed by atoms with Gasteiger partial charge in [-0.3, -0.25) is 14.5 Å². The van der Waals surface area contributed by atoms with Gasteiger partial charge in [-0.15, -0.1) is 11.8 Å². The Morgan fingerprint density at radius 1 is 0.950 bits per heavy atom. The highest BCUT2D eigenvalue weighted by atomic mass is 35.5. The fourth-order valence-electron chi connectivity index (χ4n) is 5.40. The Hall–Kier alpha value is -3.62. The maximum atomic E-state index is 14.0. The third kappa shape index (κ3) is 5.13. The van der Waals surface area contributed by atoms with Crippen LogP contribution in [0.5, 0.6) is 0 Å². The Morgan fingerprint density at radius 2 is 1.65 bits per heavy atom. The number of carbonyl (C=O) groups is 2. The zero-order valence-corrected chi connectivity index (χ0v) is 23.4. The second-order valence-electron chi connectivity index (χ2n) is 9.97. The van der Waals surface area contributed by atoms with E-state index in [1.807, 2.05) is 59.5 Å². The summed E-state index contributed by atoms with van der Waals surface area (Å²) in [5, 5.41) is 5.29. The number of piperidine rings is 1. The number of aromatic nitrogens is 2. The van der Waals surface area contributed by atoms with Crippen molar-refractivity contribution in [3.05, 3.63) is 101 Å². The van der Waals surface area contributed by atoms with Crippen LogP contribution in [-0.4, -0.2) is 51.9 Å². The summed E-state index contributed by atoms with van der Waals surface area (Å²) in [5.74, 6) is 0.0243. The molecular formula is C31H28ClFN4O2S.